The minimum absolute atomic E-state index is 0.697. The Morgan fingerprint density at radius 3 is 2.61 bits per heavy atom. The first-order valence-electron chi connectivity index (χ1n) is 8.03. The first-order chi connectivity index (χ1) is 11.3. The maximum absolute atomic E-state index is 5.98. The maximum atomic E-state index is 5.98. The van der Waals surface area contributed by atoms with E-state index in [0.717, 1.165) is 35.9 Å². The summed E-state index contributed by atoms with van der Waals surface area (Å²) in [5.74, 6) is 6.09. The van der Waals surface area contributed by atoms with E-state index >= 15 is 0 Å². The predicted octanol–water partition coefficient (Wildman–Crippen LogP) is 3.94. The normalized spacial score (nSPS) is 20.2. The molecule has 6 heteroatoms. The Kier molecular flexibility index (Phi) is 4.90. The number of imidazole rings is 1. The molecule has 1 saturated heterocycles. The molecule has 0 bridgehead atoms. The molecule has 1 N–H and O–H groups in total. The van der Waals surface area contributed by atoms with Gasteiger partial charge in [0.15, 0.2) is 0 Å². The molecule has 3 nitrogen and oxygen atoms in total. The van der Waals surface area contributed by atoms with Crippen molar-refractivity contribution in [1.29, 1.82) is 0 Å². The number of aromatic amines is 1. The highest BCUT2D eigenvalue weighted by molar-refractivity contribution is 8.03. The summed E-state index contributed by atoms with van der Waals surface area (Å²) in [7, 11) is 0. The number of hydrogen-bond donors (Lipinski definition) is 1. The molecule has 0 amide bonds. The molecule has 1 aromatic carbocycles. The van der Waals surface area contributed by atoms with E-state index in [9.17, 15) is 0 Å². The zero-order valence-electron chi connectivity index (χ0n) is 12.9. The third-order valence-corrected chi connectivity index (χ3v) is 7.22. The van der Waals surface area contributed by atoms with Gasteiger partial charge in [0.05, 0.1) is 11.4 Å². The number of benzene rings is 1. The van der Waals surface area contributed by atoms with E-state index < -0.39 is 0 Å². The molecule has 0 spiro atoms. The van der Waals surface area contributed by atoms with E-state index in [0.29, 0.717) is 6.04 Å². The van der Waals surface area contributed by atoms with Crippen molar-refractivity contribution in [1.82, 2.24) is 14.9 Å². The van der Waals surface area contributed by atoms with Crippen molar-refractivity contribution in [2.45, 2.75) is 19.0 Å². The van der Waals surface area contributed by atoms with Gasteiger partial charge in [0.2, 0.25) is 0 Å². The van der Waals surface area contributed by atoms with Gasteiger partial charge in [0, 0.05) is 59.1 Å². The number of nitrogens with one attached hydrogen (secondary N) is 1. The molecule has 2 aliphatic heterocycles. The van der Waals surface area contributed by atoms with Gasteiger partial charge in [-0.3, -0.25) is 4.90 Å². The van der Waals surface area contributed by atoms with Crippen LogP contribution in [0.3, 0.4) is 0 Å². The molecule has 0 atom stereocenters. The number of nitrogens with zero attached hydrogens (tertiary/aromatic N) is 2. The van der Waals surface area contributed by atoms with E-state index in [4.69, 9.17) is 16.6 Å². The molecular weight excluding hydrogens is 346 g/mol. The molecule has 1 fully saturated rings. The van der Waals surface area contributed by atoms with E-state index in [2.05, 4.69) is 33.4 Å². The first-order valence-corrected chi connectivity index (χ1v) is 10.7. The summed E-state index contributed by atoms with van der Waals surface area (Å²) in [6.07, 6.45) is 1.05. The first kappa shape index (κ1) is 15.9. The fraction of sp³-hybridized carbons (Fsp3) is 0.471. The van der Waals surface area contributed by atoms with Crippen molar-refractivity contribution < 1.29 is 0 Å². The lowest BCUT2D eigenvalue weighted by Gasteiger charge is -2.32. The lowest BCUT2D eigenvalue weighted by molar-refractivity contribution is 0.206. The average Bonchev–Trinajstić information content (AvgIpc) is 2.80. The minimum atomic E-state index is 0.697. The van der Waals surface area contributed by atoms with Gasteiger partial charge < -0.3 is 4.98 Å². The van der Waals surface area contributed by atoms with Gasteiger partial charge in [0.1, 0.15) is 5.82 Å². The molecule has 23 heavy (non-hydrogen) atoms. The number of halogens is 1. The Balaban J connectivity index is 1.52. The summed E-state index contributed by atoms with van der Waals surface area (Å²) in [6.45, 7) is 2.13. The van der Waals surface area contributed by atoms with Gasteiger partial charge in [-0.05, 0) is 24.3 Å². The Bertz CT molecular complexity index is 663. The van der Waals surface area contributed by atoms with Crippen LogP contribution in [-0.4, -0.2) is 50.5 Å². The van der Waals surface area contributed by atoms with Crippen LogP contribution in [0, 0.1) is 0 Å². The van der Waals surface area contributed by atoms with Gasteiger partial charge in [0.25, 0.3) is 0 Å². The van der Waals surface area contributed by atoms with Gasteiger partial charge in [-0.1, -0.05) is 11.6 Å². The van der Waals surface area contributed by atoms with Gasteiger partial charge >= 0.3 is 0 Å². The van der Waals surface area contributed by atoms with Gasteiger partial charge in [-0.25, -0.2) is 4.98 Å². The maximum Gasteiger partial charge on any atom is 0.137 e. The third-order valence-electron chi connectivity index (χ3n) is 4.49. The minimum Gasteiger partial charge on any atom is -0.341 e. The smallest absolute Gasteiger partial charge is 0.137 e. The SMILES string of the molecule is Clc1ccc(-c2nc3c([nH]2)CN(C2CSCCSC2)CC3)cc1. The van der Waals surface area contributed by atoms with Crippen LogP contribution in [0.1, 0.15) is 11.4 Å². The molecule has 1 aromatic heterocycles. The Morgan fingerprint density at radius 1 is 1.13 bits per heavy atom. The number of thioether (sulfide) groups is 2. The van der Waals surface area contributed by atoms with Crippen molar-refractivity contribution in [3.05, 3.63) is 40.7 Å². The van der Waals surface area contributed by atoms with Crippen LogP contribution in [0.5, 0.6) is 0 Å². The number of H-pyrrole nitrogens is 1. The Hall–Kier alpha value is -0.620. The zero-order chi connectivity index (χ0) is 15.6. The van der Waals surface area contributed by atoms with Crippen LogP contribution in [-0.2, 0) is 13.0 Å². The molecule has 0 aliphatic carbocycles. The van der Waals surface area contributed by atoms with Crippen LogP contribution in [0.4, 0.5) is 0 Å². The molecule has 2 aromatic rings. The monoisotopic (exact) mass is 365 g/mol. The third kappa shape index (κ3) is 3.58. The second kappa shape index (κ2) is 7.09. The van der Waals surface area contributed by atoms with Crippen molar-refractivity contribution in [3.63, 3.8) is 0 Å². The van der Waals surface area contributed by atoms with Crippen molar-refractivity contribution in [3.8, 4) is 11.4 Å². The summed E-state index contributed by atoms with van der Waals surface area (Å²) >= 11 is 10.2. The quantitative estimate of drug-likeness (QED) is 0.873. The molecule has 4 rings (SSSR count). The lowest BCUT2D eigenvalue weighted by atomic mass is 10.1. The van der Waals surface area contributed by atoms with Gasteiger partial charge in [-0.2, -0.15) is 23.5 Å². The number of fused-ring (bicyclic) bond motifs is 1. The summed E-state index contributed by atoms with van der Waals surface area (Å²) in [5.41, 5.74) is 3.64. The summed E-state index contributed by atoms with van der Waals surface area (Å²) in [6, 6.07) is 8.60. The number of rotatable bonds is 2. The Labute approximate surface area is 150 Å². The molecule has 0 radical (unpaired) electrons. The fourth-order valence-electron chi connectivity index (χ4n) is 3.19. The van der Waals surface area contributed by atoms with Gasteiger partial charge in [-0.15, -0.1) is 0 Å². The van der Waals surface area contributed by atoms with Crippen LogP contribution in [0.15, 0.2) is 24.3 Å². The fourth-order valence-corrected chi connectivity index (χ4v) is 5.94. The average molecular weight is 366 g/mol. The lowest BCUT2D eigenvalue weighted by Crippen LogP contribution is -2.42. The van der Waals surface area contributed by atoms with Crippen LogP contribution >= 0.6 is 35.1 Å². The molecular formula is C17H20ClN3S2. The van der Waals surface area contributed by atoms with Crippen LogP contribution < -0.4 is 0 Å². The van der Waals surface area contributed by atoms with E-state index in [1.807, 2.05) is 24.3 Å². The highest BCUT2D eigenvalue weighted by atomic mass is 35.5. The summed E-state index contributed by atoms with van der Waals surface area (Å²) in [4.78, 5) is 11.0. The Morgan fingerprint density at radius 2 is 1.87 bits per heavy atom. The second-order valence-corrected chi connectivity index (χ2v) is 8.78. The standard InChI is InChI=1S/C17H20ClN3S2/c18-13-3-1-12(2-4-13)17-19-15-5-6-21(9-16(15)20-17)14-10-22-7-8-23-11-14/h1-4,14H,5-11H2,(H,19,20). The molecule has 122 valence electrons. The summed E-state index contributed by atoms with van der Waals surface area (Å²) in [5, 5.41) is 0.764. The molecule has 0 unspecified atom stereocenters. The summed E-state index contributed by atoms with van der Waals surface area (Å²) < 4.78 is 0. The van der Waals surface area contributed by atoms with Crippen molar-refractivity contribution in [2.75, 3.05) is 29.6 Å². The van der Waals surface area contributed by atoms with E-state index in [-0.39, 0.29) is 0 Å². The highest BCUT2D eigenvalue weighted by Crippen LogP contribution is 2.27. The highest BCUT2D eigenvalue weighted by Gasteiger charge is 2.27. The van der Waals surface area contributed by atoms with Crippen LogP contribution in [0.25, 0.3) is 11.4 Å². The zero-order valence-corrected chi connectivity index (χ0v) is 15.3. The molecule has 0 saturated carbocycles. The largest absolute Gasteiger partial charge is 0.341 e. The number of aromatic nitrogens is 2. The second-order valence-electron chi connectivity index (χ2n) is 6.04. The predicted molar refractivity (Wildman–Crippen MR) is 102 cm³/mol. The van der Waals surface area contributed by atoms with Crippen molar-refractivity contribution >= 4 is 35.1 Å². The van der Waals surface area contributed by atoms with Crippen molar-refractivity contribution in [2.24, 2.45) is 0 Å². The molecule has 3 heterocycles. The topological polar surface area (TPSA) is 31.9 Å². The van der Waals surface area contributed by atoms with E-state index in [1.165, 1.54) is 34.4 Å². The number of hydrogen-bond acceptors (Lipinski definition) is 4. The van der Waals surface area contributed by atoms with Crippen LogP contribution in [0.2, 0.25) is 5.02 Å². The van der Waals surface area contributed by atoms with E-state index in [1.54, 1.807) is 0 Å². The molecule has 2 aliphatic rings.